The number of hydrogen-bond donors (Lipinski definition) is 1. The van der Waals surface area contributed by atoms with Crippen molar-refractivity contribution in [1.29, 1.82) is 0 Å². The predicted molar refractivity (Wildman–Crippen MR) is 99.9 cm³/mol. The van der Waals surface area contributed by atoms with Crippen LogP contribution in [0.1, 0.15) is 0 Å². The topological polar surface area (TPSA) is 34.2 Å². The molecular formula is C22H13NO2. The number of para-hydroxylation sites is 1. The summed E-state index contributed by atoms with van der Waals surface area (Å²) >= 11 is 0. The maximum atomic E-state index is 6.17. The minimum Gasteiger partial charge on any atom is -0.449 e. The lowest BCUT2D eigenvalue weighted by Gasteiger charge is -2.21. The summed E-state index contributed by atoms with van der Waals surface area (Å²) in [4.78, 5) is 3.45. The molecule has 0 amide bonds. The van der Waals surface area contributed by atoms with E-state index in [1.165, 1.54) is 5.39 Å². The van der Waals surface area contributed by atoms with Gasteiger partial charge < -0.3 is 14.5 Å². The molecule has 4 aromatic carbocycles. The van der Waals surface area contributed by atoms with Crippen LogP contribution in [-0.2, 0) is 0 Å². The SMILES string of the molecule is c1ccc2cc3c(cc2c1)Oc1cc2[nH]c4ccccc4c2cc1O3. The quantitative estimate of drug-likeness (QED) is 0.352. The van der Waals surface area contributed by atoms with Crippen molar-refractivity contribution in [3.63, 3.8) is 0 Å². The summed E-state index contributed by atoms with van der Waals surface area (Å²) in [5, 5.41) is 4.61. The van der Waals surface area contributed by atoms with Crippen LogP contribution in [0.15, 0.2) is 72.8 Å². The molecule has 1 aliphatic rings. The van der Waals surface area contributed by atoms with Crippen LogP contribution in [-0.4, -0.2) is 4.98 Å². The molecule has 0 saturated heterocycles. The fourth-order valence-corrected chi connectivity index (χ4v) is 3.61. The first-order chi connectivity index (χ1) is 12.3. The van der Waals surface area contributed by atoms with Gasteiger partial charge >= 0.3 is 0 Å². The Balaban J connectivity index is 1.58. The molecule has 25 heavy (non-hydrogen) atoms. The first-order valence-electron chi connectivity index (χ1n) is 8.28. The molecule has 5 aromatic rings. The number of H-pyrrole nitrogens is 1. The van der Waals surface area contributed by atoms with E-state index in [1.807, 2.05) is 42.5 Å². The minimum atomic E-state index is 0.738. The number of aromatic amines is 1. The highest BCUT2D eigenvalue weighted by Crippen LogP contribution is 2.48. The Morgan fingerprint density at radius 2 is 1.12 bits per heavy atom. The number of fused-ring (bicyclic) bond motifs is 6. The Hall–Kier alpha value is -3.46. The van der Waals surface area contributed by atoms with Gasteiger partial charge in [0, 0.05) is 22.4 Å². The summed E-state index contributed by atoms with van der Waals surface area (Å²) in [6.45, 7) is 0. The molecule has 6 rings (SSSR count). The summed E-state index contributed by atoms with van der Waals surface area (Å²) in [5.74, 6) is 2.99. The smallest absolute Gasteiger partial charge is 0.172 e. The van der Waals surface area contributed by atoms with Crippen molar-refractivity contribution in [3.05, 3.63) is 72.8 Å². The maximum Gasteiger partial charge on any atom is 0.172 e. The number of rotatable bonds is 0. The summed E-state index contributed by atoms with van der Waals surface area (Å²) in [5.41, 5.74) is 2.16. The van der Waals surface area contributed by atoms with Gasteiger partial charge in [-0.25, -0.2) is 0 Å². The molecule has 0 radical (unpaired) electrons. The highest BCUT2D eigenvalue weighted by Gasteiger charge is 2.21. The van der Waals surface area contributed by atoms with Gasteiger partial charge in [-0.2, -0.15) is 0 Å². The van der Waals surface area contributed by atoms with Crippen molar-refractivity contribution in [2.45, 2.75) is 0 Å². The Labute approximate surface area is 143 Å². The van der Waals surface area contributed by atoms with E-state index in [2.05, 4.69) is 35.3 Å². The van der Waals surface area contributed by atoms with Crippen LogP contribution in [0.3, 0.4) is 0 Å². The van der Waals surface area contributed by atoms with Crippen LogP contribution in [0.5, 0.6) is 23.0 Å². The second-order valence-corrected chi connectivity index (χ2v) is 6.37. The molecule has 1 aliphatic heterocycles. The first kappa shape index (κ1) is 12.9. The molecule has 0 aliphatic carbocycles. The van der Waals surface area contributed by atoms with Crippen LogP contribution in [0.4, 0.5) is 0 Å². The third kappa shape index (κ3) is 1.81. The number of aromatic nitrogens is 1. The van der Waals surface area contributed by atoms with Gasteiger partial charge in [0.25, 0.3) is 0 Å². The zero-order valence-corrected chi connectivity index (χ0v) is 13.2. The second-order valence-electron chi connectivity index (χ2n) is 6.37. The highest BCUT2D eigenvalue weighted by molar-refractivity contribution is 6.08. The highest BCUT2D eigenvalue weighted by atomic mass is 16.6. The van der Waals surface area contributed by atoms with E-state index in [-0.39, 0.29) is 0 Å². The Kier molecular flexibility index (Phi) is 2.35. The first-order valence-corrected chi connectivity index (χ1v) is 8.28. The minimum absolute atomic E-state index is 0.738. The van der Waals surface area contributed by atoms with E-state index in [9.17, 15) is 0 Å². The standard InChI is InChI=1S/C22H13NO2/c1-2-6-14-10-20-19(9-13(14)5-1)24-21-11-16-15-7-3-4-8-17(15)23-18(16)12-22(21)25-20/h1-12,23H. The van der Waals surface area contributed by atoms with Crippen molar-refractivity contribution in [1.82, 2.24) is 4.98 Å². The van der Waals surface area contributed by atoms with E-state index in [0.717, 1.165) is 50.2 Å². The van der Waals surface area contributed by atoms with Crippen molar-refractivity contribution < 1.29 is 9.47 Å². The molecule has 0 unspecified atom stereocenters. The lowest BCUT2D eigenvalue weighted by molar-refractivity contribution is 0.361. The van der Waals surface area contributed by atoms with E-state index >= 15 is 0 Å². The molecule has 2 heterocycles. The van der Waals surface area contributed by atoms with Gasteiger partial charge in [-0.3, -0.25) is 0 Å². The molecular weight excluding hydrogens is 310 g/mol. The number of benzene rings is 4. The van der Waals surface area contributed by atoms with Crippen LogP contribution in [0, 0.1) is 0 Å². The van der Waals surface area contributed by atoms with Gasteiger partial charge in [-0.1, -0.05) is 42.5 Å². The number of ether oxygens (including phenoxy) is 2. The average molecular weight is 323 g/mol. The van der Waals surface area contributed by atoms with Crippen LogP contribution >= 0.6 is 0 Å². The van der Waals surface area contributed by atoms with E-state index in [4.69, 9.17) is 9.47 Å². The molecule has 0 fully saturated rings. The predicted octanol–water partition coefficient (Wildman–Crippen LogP) is 6.37. The van der Waals surface area contributed by atoms with E-state index in [1.54, 1.807) is 0 Å². The summed E-state index contributed by atoms with van der Waals surface area (Å²) < 4.78 is 12.3. The zero-order chi connectivity index (χ0) is 16.4. The molecule has 0 atom stereocenters. The summed E-state index contributed by atoms with van der Waals surface area (Å²) in [6, 6.07) is 24.6. The number of hydrogen-bond acceptors (Lipinski definition) is 2. The van der Waals surface area contributed by atoms with Crippen LogP contribution < -0.4 is 9.47 Å². The Morgan fingerprint density at radius 3 is 1.88 bits per heavy atom. The third-order valence-corrected chi connectivity index (χ3v) is 4.82. The zero-order valence-electron chi connectivity index (χ0n) is 13.2. The molecule has 118 valence electrons. The Morgan fingerprint density at radius 1 is 0.520 bits per heavy atom. The summed E-state index contributed by atoms with van der Waals surface area (Å²) in [7, 11) is 0. The lowest BCUT2D eigenvalue weighted by atomic mass is 10.1. The number of nitrogens with one attached hydrogen (secondary N) is 1. The summed E-state index contributed by atoms with van der Waals surface area (Å²) in [6.07, 6.45) is 0. The molecule has 3 nitrogen and oxygen atoms in total. The van der Waals surface area contributed by atoms with E-state index in [0.29, 0.717) is 0 Å². The molecule has 0 saturated carbocycles. The monoisotopic (exact) mass is 323 g/mol. The second kappa shape index (κ2) is 4.54. The van der Waals surface area contributed by atoms with E-state index < -0.39 is 0 Å². The fourth-order valence-electron chi connectivity index (χ4n) is 3.61. The van der Waals surface area contributed by atoms with Crippen molar-refractivity contribution >= 4 is 32.6 Å². The molecule has 1 aromatic heterocycles. The van der Waals surface area contributed by atoms with Crippen molar-refractivity contribution in [3.8, 4) is 23.0 Å². The molecule has 3 heteroatoms. The van der Waals surface area contributed by atoms with Gasteiger partial charge in [-0.05, 0) is 35.0 Å². The molecule has 0 bridgehead atoms. The van der Waals surface area contributed by atoms with Crippen molar-refractivity contribution in [2.75, 3.05) is 0 Å². The van der Waals surface area contributed by atoms with Crippen LogP contribution in [0.25, 0.3) is 32.6 Å². The third-order valence-electron chi connectivity index (χ3n) is 4.82. The van der Waals surface area contributed by atoms with Gasteiger partial charge in [0.1, 0.15) is 0 Å². The van der Waals surface area contributed by atoms with Crippen molar-refractivity contribution in [2.24, 2.45) is 0 Å². The largest absolute Gasteiger partial charge is 0.449 e. The average Bonchev–Trinajstić information content (AvgIpc) is 3.00. The molecule has 0 spiro atoms. The maximum absolute atomic E-state index is 6.17. The lowest BCUT2D eigenvalue weighted by Crippen LogP contribution is -1.99. The van der Waals surface area contributed by atoms with Gasteiger partial charge in [-0.15, -0.1) is 0 Å². The van der Waals surface area contributed by atoms with Gasteiger partial charge in [0.2, 0.25) is 0 Å². The molecule has 1 N–H and O–H groups in total. The normalized spacial score (nSPS) is 12.6. The van der Waals surface area contributed by atoms with Gasteiger partial charge in [0.15, 0.2) is 23.0 Å². The fraction of sp³-hybridized carbons (Fsp3) is 0. The van der Waals surface area contributed by atoms with Crippen LogP contribution in [0.2, 0.25) is 0 Å². The Bertz CT molecular complexity index is 1300. The van der Waals surface area contributed by atoms with Gasteiger partial charge in [0.05, 0.1) is 5.52 Å².